The quantitative estimate of drug-likeness (QED) is 0.640. The Labute approximate surface area is 176 Å². The summed E-state index contributed by atoms with van der Waals surface area (Å²) < 4.78 is 30.9. The lowest BCUT2D eigenvalue weighted by Crippen LogP contribution is -2.39. The highest BCUT2D eigenvalue weighted by Crippen LogP contribution is 2.33. The van der Waals surface area contributed by atoms with Gasteiger partial charge in [0.05, 0.1) is 25.3 Å². The van der Waals surface area contributed by atoms with E-state index in [1.807, 2.05) is 30.3 Å². The minimum atomic E-state index is -3.01. The third kappa shape index (κ3) is 4.76. The fraction of sp³-hybridized carbons (Fsp3) is 0.350. The molecule has 11 heteroatoms. The van der Waals surface area contributed by atoms with Crippen LogP contribution in [0.3, 0.4) is 0 Å². The standard InChI is InChI=1S/C20H21F2N7O2/c1-27-8-7-16(25-27)19(31)29-13-20(21,22)9-15(29)11-28-12-17(24-26-28)18(30)23-10-14-5-3-2-4-6-14/h2-8,12,15H,9-11,13H2,1H3,(H,23,30)/t15-/m0/s1. The normalized spacial score (nSPS) is 17.6. The Morgan fingerprint density at radius 2 is 1.97 bits per heavy atom. The molecule has 9 nitrogen and oxygen atoms in total. The first-order chi connectivity index (χ1) is 14.8. The van der Waals surface area contributed by atoms with E-state index in [0.29, 0.717) is 6.54 Å². The number of likely N-dealkylation sites (tertiary alicyclic amines) is 1. The predicted molar refractivity (Wildman–Crippen MR) is 105 cm³/mol. The molecule has 2 aromatic heterocycles. The van der Waals surface area contributed by atoms with Gasteiger partial charge in [0.15, 0.2) is 5.69 Å². The second-order valence-corrected chi connectivity index (χ2v) is 7.52. The van der Waals surface area contributed by atoms with Gasteiger partial charge < -0.3 is 10.2 Å². The molecule has 3 heterocycles. The number of hydrogen-bond acceptors (Lipinski definition) is 5. The number of benzene rings is 1. The zero-order valence-corrected chi connectivity index (χ0v) is 16.8. The van der Waals surface area contributed by atoms with Crippen LogP contribution in [-0.2, 0) is 20.1 Å². The smallest absolute Gasteiger partial charge is 0.274 e. The summed E-state index contributed by atoms with van der Waals surface area (Å²) in [7, 11) is 1.65. The maximum atomic E-state index is 14.1. The average molecular weight is 429 g/mol. The van der Waals surface area contributed by atoms with E-state index in [1.54, 1.807) is 13.2 Å². The summed E-state index contributed by atoms with van der Waals surface area (Å²) in [5.41, 5.74) is 1.10. The molecule has 1 saturated heterocycles. The molecular weight excluding hydrogens is 408 g/mol. The fourth-order valence-corrected chi connectivity index (χ4v) is 3.55. The van der Waals surface area contributed by atoms with Crippen LogP contribution in [0.5, 0.6) is 0 Å². The van der Waals surface area contributed by atoms with Gasteiger partial charge in [-0.1, -0.05) is 35.5 Å². The number of hydrogen-bond donors (Lipinski definition) is 1. The van der Waals surface area contributed by atoms with E-state index in [9.17, 15) is 18.4 Å². The molecule has 1 aliphatic heterocycles. The maximum Gasteiger partial charge on any atom is 0.274 e. The largest absolute Gasteiger partial charge is 0.347 e. The van der Waals surface area contributed by atoms with Crippen molar-refractivity contribution in [3.63, 3.8) is 0 Å². The highest BCUT2D eigenvalue weighted by molar-refractivity contribution is 5.93. The monoisotopic (exact) mass is 429 g/mol. The number of halogens is 2. The van der Waals surface area contributed by atoms with Crippen LogP contribution in [0.25, 0.3) is 0 Å². The topological polar surface area (TPSA) is 97.9 Å². The molecule has 0 radical (unpaired) electrons. The molecule has 0 bridgehead atoms. The molecule has 0 saturated carbocycles. The van der Waals surface area contributed by atoms with Crippen LogP contribution in [0.1, 0.15) is 33.0 Å². The number of amides is 2. The van der Waals surface area contributed by atoms with Gasteiger partial charge in [-0.3, -0.25) is 14.3 Å². The van der Waals surface area contributed by atoms with Gasteiger partial charge in [0, 0.05) is 26.2 Å². The van der Waals surface area contributed by atoms with Crippen molar-refractivity contribution in [2.75, 3.05) is 6.54 Å². The molecular formula is C20H21F2N7O2. The molecule has 1 atom stereocenters. The van der Waals surface area contributed by atoms with Crippen molar-refractivity contribution < 1.29 is 18.4 Å². The second-order valence-electron chi connectivity index (χ2n) is 7.52. The van der Waals surface area contributed by atoms with Crippen molar-refractivity contribution in [2.24, 2.45) is 7.05 Å². The zero-order chi connectivity index (χ0) is 22.0. The SMILES string of the molecule is Cn1ccc(C(=O)N2CC(F)(F)C[C@H]2Cn2cc(C(=O)NCc3ccccc3)nn2)n1. The lowest BCUT2D eigenvalue weighted by molar-refractivity contribution is 0.0116. The van der Waals surface area contributed by atoms with Crippen LogP contribution < -0.4 is 5.32 Å². The summed E-state index contributed by atoms with van der Waals surface area (Å²) in [5, 5.41) is 14.5. The summed E-state index contributed by atoms with van der Waals surface area (Å²) >= 11 is 0. The van der Waals surface area contributed by atoms with Crippen LogP contribution in [-0.4, -0.2) is 60.0 Å². The molecule has 162 valence electrons. The first-order valence-corrected chi connectivity index (χ1v) is 9.71. The first kappa shape index (κ1) is 20.6. The van der Waals surface area contributed by atoms with Gasteiger partial charge in [0.25, 0.3) is 17.7 Å². The van der Waals surface area contributed by atoms with Gasteiger partial charge in [0.2, 0.25) is 0 Å². The van der Waals surface area contributed by atoms with E-state index in [4.69, 9.17) is 0 Å². The van der Waals surface area contributed by atoms with E-state index in [1.165, 1.54) is 21.6 Å². The average Bonchev–Trinajstić information content (AvgIpc) is 3.45. The Hall–Kier alpha value is -3.63. The van der Waals surface area contributed by atoms with Crippen LogP contribution in [0.15, 0.2) is 48.8 Å². The van der Waals surface area contributed by atoms with E-state index >= 15 is 0 Å². The van der Waals surface area contributed by atoms with Gasteiger partial charge in [-0.2, -0.15) is 5.10 Å². The number of aromatic nitrogens is 5. The van der Waals surface area contributed by atoms with Crippen LogP contribution in [0, 0.1) is 0 Å². The summed E-state index contributed by atoms with van der Waals surface area (Å²) in [5.74, 6) is -4.00. The molecule has 2 amide bonds. The van der Waals surface area contributed by atoms with Gasteiger partial charge in [-0.25, -0.2) is 13.5 Å². The van der Waals surface area contributed by atoms with E-state index in [-0.39, 0.29) is 17.9 Å². The predicted octanol–water partition coefficient (Wildman–Crippen LogP) is 1.49. The third-order valence-electron chi connectivity index (χ3n) is 5.04. The number of alkyl halides is 2. The summed E-state index contributed by atoms with van der Waals surface area (Å²) in [6, 6.07) is 10.1. The number of nitrogens with one attached hydrogen (secondary N) is 1. The van der Waals surface area contributed by atoms with Crippen molar-refractivity contribution in [3.05, 3.63) is 65.7 Å². The Morgan fingerprint density at radius 3 is 2.68 bits per heavy atom. The van der Waals surface area contributed by atoms with Gasteiger partial charge in [-0.15, -0.1) is 5.10 Å². The maximum absolute atomic E-state index is 14.1. The number of rotatable bonds is 6. The molecule has 1 fully saturated rings. The van der Waals surface area contributed by atoms with E-state index < -0.39 is 36.7 Å². The van der Waals surface area contributed by atoms with Crippen molar-refractivity contribution in [2.45, 2.75) is 31.5 Å². The van der Waals surface area contributed by atoms with Crippen molar-refractivity contribution in [3.8, 4) is 0 Å². The van der Waals surface area contributed by atoms with Crippen molar-refractivity contribution in [1.82, 2.24) is 35.0 Å². The summed E-state index contributed by atoms with van der Waals surface area (Å²) in [6.45, 7) is -0.368. The van der Waals surface area contributed by atoms with Crippen molar-refractivity contribution >= 4 is 11.8 Å². The van der Waals surface area contributed by atoms with Gasteiger partial charge >= 0.3 is 0 Å². The number of nitrogens with zero attached hydrogens (tertiary/aromatic N) is 6. The molecule has 3 aromatic rings. The number of carbonyl (C=O) groups is 2. The molecule has 1 N–H and O–H groups in total. The van der Waals surface area contributed by atoms with Gasteiger partial charge in [0.1, 0.15) is 5.69 Å². The zero-order valence-electron chi connectivity index (χ0n) is 16.8. The summed E-state index contributed by atoms with van der Waals surface area (Å²) in [4.78, 5) is 26.1. The Balaban J connectivity index is 1.42. The van der Waals surface area contributed by atoms with Crippen LogP contribution in [0.2, 0.25) is 0 Å². The molecule has 0 aliphatic carbocycles. The Kier molecular flexibility index (Phi) is 5.49. The minimum absolute atomic E-state index is 0.00682. The highest BCUT2D eigenvalue weighted by Gasteiger charge is 2.47. The Morgan fingerprint density at radius 1 is 1.19 bits per heavy atom. The van der Waals surface area contributed by atoms with Crippen LogP contribution in [0.4, 0.5) is 8.78 Å². The minimum Gasteiger partial charge on any atom is -0.347 e. The third-order valence-corrected chi connectivity index (χ3v) is 5.04. The first-order valence-electron chi connectivity index (χ1n) is 9.71. The Bertz CT molecular complexity index is 1080. The number of carbonyl (C=O) groups excluding carboxylic acids is 2. The molecule has 31 heavy (non-hydrogen) atoms. The number of aryl methyl sites for hydroxylation is 1. The van der Waals surface area contributed by atoms with Crippen molar-refractivity contribution in [1.29, 1.82) is 0 Å². The summed E-state index contributed by atoms with van der Waals surface area (Å²) in [6.07, 6.45) is 2.47. The van der Waals surface area contributed by atoms with Gasteiger partial charge in [-0.05, 0) is 11.6 Å². The van der Waals surface area contributed by atoms with E-state index in [0.717, 1.165) is 10.5 Å². The molecule has 0 spiro atoms. The lowest BCUT2D eigenvalue weighted by atomic mass is 10.2. The fourth-order valence-electron chi connectivity index (χ4n) is 3.55. The second kappa shape index (κ2) is 8.25. The van der Waals surface area contributed by atoms with Crippen LogP contribution >= 0.6 is 0 Å². The molecule has 4 rings (SSSR count). The lowest BCUT2D eigenvalue weighted by Gasteiger charge is -2.22. The molecule has 1 aliphatic rings. The molecule has 1 aromatic carbocycles. The molecule has 0 unspecified atom stereocenters. The van der Waals surface area contributed by atoms with E-state index in [2.05, 4.69) is 20.7 Å². The highest BCUT2D eigenvalue weighted by atomic mass is 19.3.